The van der Waals surface area contributed by atoms with Crippen molar-refractivity contribution in [1.29, 1.82) is 0 Å². The van der Waals surface area contributed by atoms with Crippen LogP contribution in [0.25, 0.3) is 0 Å². The summed E-state index contributed by atoms with van der Waals surface area (Å²) < 4.78 is 5.56. The van der Waals surface area contributed by atoms with Crippen molar-refractivity contribution in [3.05, 3.63) is 29.8 Å². The first-order valence-corrected chi connectivity index (χ1v) is 7.52. The Morgan fingerprint density at radius 2 is 2.11 bits per heavy atom. The molecule has 3 heteroatoms. The summed E-state index contributed by atoms with van der Waals surface area (Å²) in [6.07, 6.45) is 6.62. The largest absolute Gasteiger partial charge is 0.494 e. The predicted octanol–water partition coefficient (Wildman–Crippen LogP) is 3.01. The average molecular weight is 262 g/mol. The molecule has 0 aliphatic heterocycles. The van der Waals surface area contributed by atoms with E-state index in [4.69, 9.17) is 10.5 Å². The molecule has 1 atom stereocenters. The topological polar surface area (TPSA) is 47.3 Å². The quantitative estimate of drug-likeness (QED) is 0.828. The smallest absolute Gasteiger partial charge is 0.119 e. The number of nitrogens with two attached hydrogens (primary N) is 1. The zero-order valence-electron chi connectivity index (χ0n) is 11.9. The highest BCUT2D eigenvalue weighted by atomic mass is 16.5. The Morgan fingerprint density at radius 1 is 1.32 bits per heavy atom. The van der Waals surface area contributed by atoms with E-state index in [1.807, 2.05) is 19.1 Å². The van der Waals surface area contributed by atoms with Gasteiger partial charge >= 0.3 is 0 Å². The van der Waals surface area contributed by atoms with Gasteiger partial charge in [0.15, 0.2) is 0 Å². The van der Waals surface area contributed by atoms with Crippen molar-refractivity contribution in [1.82, 2.24) is 5.32 Å². The lowest BCUT2D eigenvalue weighted by molar-refractivity contribution is 0.332. The Bertz CT molecular complexity index is 375. The van der Waals surface area contributed by atoms with E-state index in [2.05, 4.69) is 17.4 Å². The highest BCUT2D eigenvalue weighted by Gasteiger charge is 2.18. The molecular weight excluding hydrogens is 236 g/mol. The van der Waals surface area contributed by atoms with Crippen molar-refractivity contribution in [2.24, 2.45) is 5.73 Å². The molecule has 0 amide bonds. The van der Waals surface area contributed by atoms with E-state index in [1.54, 1.807) is 0 Å². The highest BCUT2D eigenvalue weighted by molar-refractivity contribution is 5.30. The van der Waals surface area contributed by atoms with Gasteiger partial charge in [0.25, 0.3) is 0 Å². The molecule has 1 saturated carbocycles. The number of benzene rings is 1. The summed E-state index contributed by atoms with van der Waals surface area (Å²) in [6.45, 7) is 3.34. The van der Waals surface area contributed by atoms with Gasteiger partial charge < -0.3 is 15.8 Å². The standard InChI is InChI=1S/C16H26N2O/c1-2-19-15-10-6-7-13(11-15)16(12-17)18-14-8-4-3-5-9-14/h6-7,10-11,14,16,18H,2-5,8-9,12,17H2,1H3. The van der Waals surface area contributed by atoms with Crippen LogP contribution in [0.3, 0.4) is 0 Å². The molecule has 3 nitrogen and oxygen atoms in total. The van der Waals surface area contributed by atoms with Crippen molar-refractivity contribution in [2.45, 2.75) is 51.1 Å². The lowest BCUT2D eigenvalue weighted by Gasteiger charge is -2.28. The number of hydrogen-bond acceptors (Lipinski definition) is 3. The van der Waals surface area contributed by atoms with Crippen LogP contribution in [0.15, 0.2) is 24.3 Å². The molecule has 1 aliphatic rings. The van der Waals surface area contributed by atoms with E-state index in [1.165, 1.54) is 37.7 Å². The molecule has 1 aliphatic carbocycles. The molecule has 0 bridgehead atoms. The lowest BCUT2D eigenvalue weighted by atomic mass is 9.94. The summed E-state index contributed by atoms with van der Waals surface area (Å²) in [4.78, 5) is 0. The van der Waals surface area contributed by atoms with E-state index in [0.29, 0.717) is 19.2 Å². The van der Waals surface area contributed by atoms with Gasteiger partial charge in [-0.15, -0.1) is 0 Å². The molecule has 1 fully saturated rings. The van der Waals surface area contributed by atoms with Gasteiger partial charge in [0, 0.05) is 18.6 Å². The monoisotopic (exact) mass is 262 g/mol. The molecule has 19 heavy (non-hydrogen) atoms. The number of nitrogens with one attached hydrogen (secondary N) is 1. The second-order valence-corrected chi connectivity index (χ2v) is 5.30. The van der Waals surface area contributed by atoms with E-state index in [0.717, 1.165) is 5.75 Å². The predicted molar refractivity (Wildman–Crippen MR) is 79.4 cm³/mol. The van der Waals surface area contributed by atoms with Crippen LogP contribution in [-0.2, 0) is 0 Å². The molecule has 0 radical (unpaired) electrons. The van der Waals surface area contributed by atoms with Crippen LogP contribution >= 0.6 is 0 Å². The fourth-order valence-electron chi connectivity index (χ4n) is 2.84. The molecular formula is C16H26N2O. The molecule has 0 spiro atoms. The van der Waals surface area contributed by atoms with Gasteiger partial charge in [-0.05, 0) is 37.5 Å². The van der Waals surface area contributed by atoms with Crippen molar-refractivity contribution in [3.8, 4) is 5.75 Å². The van der Waals surface area contributed by atoms with Crippen LogP contribution in [0.5, 0.6) is 5.75 Å². The van der Waals surface area contributed by atoms with Gasteiger partial charge in [-0.1, -0.05) is 31.4 Å². The Labute approximate surface area is 116 Å². The first-order chi connectivity index (χ1) is 9.33. The maximum Gasteiger partial charge on any atom is 0.119 e. The summed E-state index contributed by atoms with van der Waals surface area (Å²) >= 11 is 0. The Balaban J connectivity index is 2.01. The normalized spacial score (nSPS) is 18.2. The van der Waals surface area contributed by atoms with Gasteiger partial charge in [-0.25, -0.2) is 0 Å². The van der Waals surface area contributed by atoms with Crippen molar-refractivity contribution in [2.75, 3.05) is 13.2 Å². The van der Waals surface area contributed by atoms with Crippen LogP contribution in [0.2, 0.25) is 0 Å². The summed E-state index contributed by atoms with van der Waals surface area (Å²) in [5.41, 5.74) is 7.18. The molecule has 0 aromatic heterocycles. The molecule has 1 aromatic rings. The summed E-state index contributed by atoms with van der Waals surface area (Å²) in [7, 11) is 0. The second kappa shape index (κ2) is 7.51. The van der Waals surface area contributed by atoms with Gasteiger partial charge in [0.1, 0.15) is 5.75 Å². The van der Waals surface area contributed by atoms with Crippen molar-refractivity contribution >= 4 is 0 Å². The number of ether oxygens (including phenoxy) is 1. The molecule has 0 heterocycles. The number of hydrogen-bond donors (Lipinski definition) is 2. The molecule has 106 valence electrons. The third-order valence-electron chi connectivity index (χ3n) is 3.85. The average Bonchev–Trinajstić information content (AvgIpc) is 2.46. The van der Waals surface area contributed by atoms with E-state index < -0.39 is 0 Å². The van der Waals surface area contributed by atoms with Gasteiger partial charge in [0.2, 0.25) is 0 Å². The summed E-state index contributed by atoms with van der Waals surface area (Å²) in [6, 6.07) is 9.15. The molecule has 1 unspecified atom stereocenters. The van der Waals surface area contributed by atoms with Crippen LogP contribution in [0.1, 0.15) is 50.6 Å². The second-order valence-electron chi connectivity index (χ2n) is 5.30. The van der Waals surface area contributed by atoms with Crippen molar-refractivity contribution < 1.29 is 4.74 Å². The van der Waals surface area contributed by atoms with Crippen LogP contribution < -0.4 is 15.8 Å². The molecule has 3 N–H and O–H groups in total. The van der Waals surface area contributed by atoms with Crippen LogP contribution in [-0.4, -0.2) is 19.2 Å². The first-order valence-electron chi connectivity index (χ1n) is 7.52. The molecule has 0 saturated heterocycles. The maximum absolute atomic E-state index is 5.94. The van der Waals surface area contributed by atoms with Crippen LogP contribution in [0.4, 0.5) is 0 Å². The minimum absolute atomic E-state index is 0.239. The minimum atomic E-state index is 0.239. The zero-order valence-corrected chi connectivity index (χ0v) is 11.9. The van der Waals surface area contributed by atoms with Crippen LogP contribution in [0, 0.1) is 0 Å². The third-order valence-corrected chi connectivity index (χ3v) is 3.85. The molecule has 1 aromatic carbocycles. The SMILES string of the molecule is CCOc1cccc(C(CN)NC2CCCCC2)c1. The highest BCUT2D eigenvalue weighted by Crippen LogP contribution is 2.23. The Morgan fingerprint density at radius 3 is 2.79 bits per heavy atom. The van der Waals surface area contributed by atoms with Crippen molar-refractivity contribution in [3.63, 3.8) is 0 Å². The van der Waals surface area contributed by atoms with E-state index >= 15 is 0 Å². The fraction of sp³-hybridized carbons (Fsp3) is 0.625. The minimum Gasteiger partial charge on any atom is -0.494 e. The lowest BCUT2D eigenvalue weighted by Crippen LogP contribution is -2.37. The maximum atomic E-state index is 5.94. The molecule has 2 rings (SSSR count). The number of rotatable bonds is 6. The Kier molecular flexibility index (Phi) is 5.67. The zero-order chi connectivity index (χ0) is 13.5. The third kappa shape index (κ3) is 4.22. The van der Waals surface area contributed by atoms with E-state index in [-0.39, 0.29) is 6.04 Å². The van der Waals surface area contributed by atoms with Gasteiger partial charge in [0.05, 0.1) is 6.61 Å². The fourth-order valence-corrected chi connectivity index (χ4v) is 2.84. The Hall–Kier alpha value is -1.06. The summed E-state index contributed by atoms with van der Waals surface area (Å²) in [5, 5.41) is 3.71. The van der Waals surface area contributed by atoms with Gasteiger partial charge in [-0.3, -0.25) is 0 Å². The van der Waals surface area contributed by atoms with Gasteiger partial charge in [-0.2, -0.15) is 0 Å². The van der Waals surface area contributed by atoms with E-state index in [9.17, 15) is 0 Å². The first kappa shape index (κ1) is 14.4. The summed E-state index contributed by atoms with van der Waals surface area (Å²) in [5.74, 6) is 0.934.